The lowest BCUT2D eigenvalue weighted by Crippen LogP contribution is -2.28. The number of hydrogen-bond donors (Lipinski definition) is 1. The van der Waals surface area contributed by atoms with E-state index in [1.165, 1.54) is 43.4 Å². The summed E-state index contributed by atoms with van der Waals surface area (Å²) in [6.07, 6.45) is 0. The largest absolute Gasteiger partial charge is 0.393 e. The van der Waals surface area contributed by atoms with Gasteiger partial charge in [-0.15, -0.1) is 0 Å². The Hall–Kier alpha value is -2.96. The quantitative estimate of drug-likeness (QED) is 0.534. The van der Waals surface area contributed by atoms with E-state index >= 15 is 0 Å². The van der Waals surface area contributed by atoms with Gasteiger partial charge < -0.3 is 10.6 Å². The highest BCUT2D eigenvalue weighted by Gasteiger charge is 2.23. The van der Waals surface area contributed by atoms with Crippen molar-refractivity contribution in [1.29, 1.82) is 0 Å². The first-order valence-electron chi connectivity index (χ1n) is 5.99. The number of nitrogens with two attached hydrogens (primary N) is 1. The lowest BCUT2D eigenvalue weighted by Gasteiger charge is -2.18. The van der Waals surface area contributed by atoms with Crippen LogP contribution >= 0.6 is 0 Å². The third-order valence-electron chi connectivity index (χ3n) is 3.03. The highest BCUT2D eigenvalue weighted by molar-refractivity contribution is 6.10. The predicted octanol–water partition coefficient (Wildman–Crippen LogP) is 2.59. The van der Waals surface area contributed by atoms with Gasteiger partial charge in [0.05, 0.1) is 16.2 Å². The minimum absolute atomic E-state index is 0.0463. The van der Waals surface area contributed by atoms with E-state index < -0.39 is 16.6 Å². The first-order valence-corrected chi connectivity index (χ1v) is 5.99. The van der Waals surface area contributed by atoms with E-state index in [1.54, 1.807) is 6.07 Å². The van der Waals surface area contributed by atoms with Gasteiger partial charge in [-0.1, -0.05) is 18.2 Å². The topological polar surface area (TPSA) is 89.5 Å². The Kier molecular flexibility index (Phi) is 3.84. The molecule has 0 saturated carbocycles. The van der Waals surface area contributed by atoms with Crippen molar-refractivity contribution in [2.75, 3.05) is 17.7 Å². The second-order valence-corrected chi connectivity index (χ2v) is 4.31. The molecule has 7 heteroatoms. The van der Waals surface area contributed by atoms with Crippen LogP contribution < -0.4 is 10.6 Å². The number of nitrogens with zero attached hydrogens (tertiary/aromatic N) is 2. The fourth-order valence-electron chi connectivity index (χ4n) is 1.91. The molecule has 0 aliphatic heterocycles. The second kappa shape index (κ2) is 5.58. The van der Waals surface area contributed by atoms with Crippen molar-refractivity contribution >= 4 is 23.0 Å². The number of amides is 1. The van der Waals surface area contributed by atoms with E-state index in [1.807, 2.05) is 0 Å². The Bertz CT molecular complexity index is 718. The molecule has 2 N–H and O–H groups in total. The summed E-state index contributed by atoms with van der Waals surface area (Å²) in [7, 11) is 1.37. The molecule has 0 radical (unpaired) electrons. The first-order chi connectivity index (χ1) is 9.93. The van der Waals surface area contributed by atoms with E-state index in [0.29, 0.717) is 0 Å². The summed E-state index contributed by atoms with van der Waals surface area (Å²) >= 11 is 0. The van der Waals surface area contributed by atoms with Crippen LogP contribution in [-0.4, -0.2) is 17.9 Å². The summed E-state index contributed by atoms with van der Waals surface area (Å²) in [4.78, 5) is 23.6. The maximum Gasteiger partial charge on any atom is 0.292 e. The minimum Gasteiger partial charge on any atom is -0.393 e. The van der Waals surface area contributed by atoms with Gasteiger partial charge in [0.2, 0.25) is 0 Å². The third-order valence-corrected chi connectivity index (χ3v) is 3.03. The Morgan fingerprint density at radius 2 is 1.90 bits per heavy atom. The molecule has 0 fully saturated rings. The van der Waals surface area contributed by atoms with Gasteiger partial charge in [0.1, 0.15) is 11.5 Å². The van der Waals surface area contributed by atoms with E-state index in [9.17, 15) is 19.3 Å². The molecule has 108 valence electrons. The monoisotopic (exact) mass is 289 g/mol. The Labute approximate surface area is 119 Å². The lowest BCUT2D eigenvalue weighted by molar-refractivity contribution is -0.383. The molecule has 0 saturated heterocycles. The van der Waals surface area contributed by atoms with Crippen LogP contribution in [0.3, 0.4) is 0 Å². The van der Waals surface area contributed by atoms with Crippen LogP contribution in [0.5, 0.6) is 0 Å². The van der Waals surface area contributed by atoms with Gasteiger partial charge in [-0.25, -0.2) is 4.39 Å². The van der Waals surface area contributed by atoms with E-state index in [0.717, 1.165) is 4.90 Å². The maximum absolute atomic E-state index is 13.7. The normalized spacial score (nSPS) is 10.2. The van der Waals surface area contributed by atoms with Crippen LogP contribution in [0.1, 0.15) is 10.4 Å². The van der Waals surface area contributed by atoms with Crippen molar-refractivity contribution in [1.82, 2.24) is 0 Å². The number of carbonyl (C=O) groups is 1. The molecule has 0 heterocycles. The SMILES string of the molecule is CN(C(=O)c1cccc([N+](=O)[O-])c1N)c1ccccc1F. The third kappa shape index (κ3) is 2.66. The molecule has 0 spiro atoms. The van der Waals surface area contributed by atoms with Crippen LogP contribution in [0, 0.1) is 15.9 Å². The van der Waals surface area contributed by atoms with Gasteiger partial charge in [0, 0.05) is 13.1 Å². The number of halogens is 1. The van der Waals surface area contributed by atoms with Crippen molar-refractivity contribution < 1.29 is 14.1 Å². The standard InChI is InChI=1S/C14H12FN3O3/c1-17(11-7-3-2-6-10(11)15)14(19)9-5-4-8-12(13(9)16)18(20)21/h2-8H,16H2,1H3. The van der Waals surface area contributed by atoms with Crippen LogP contribution in [-0.2, 0) is 0 Å². The van der Waals surface area contributed by atoms with Gasteiger partial charge in [0.15, 0.2) is 0 Å². The fraction of sp³-hybridized carbons (Fsp3) is 0.0714. The molecule has 2 aromatic rings. The fourth-order valence-corrected chi connectivity index (χ4v) is 1.91. The summed E-state index contributed by atoms with van der Waals surface area (Å²) in [6.45, 7) is 0. The van der Waals surface area contributed by atoms with Gasteiger partial charge in [-0.3, -0.25) is 14.9 Å². The number of rotatable bonds is 3. The molecular formula is C14H12FN3O3. The molecule has 0 aliphatic carbocycles. The average Bonchev–Trinajstić information content (AvgIpc) is 2.46. The number of hydrogen-bond acceptors (Lipinski definition) is 4. The van der Waals surface area contributed by atoms with Crippen molar-refractivity contribution in [2.24, 2.45) is 0 Å². The van der Waals surface area contributed by atoms with E-state index in [4.69, 9.17) is 5.73 Å². The molecule has 0 atom stereocenters. The number of para-hydroxylation sites is 2. The zero-order valence-corrected chi connectivity index (χ0v) is 11.1. The molecular weight excluding hydrogens is 277 g/mol. The van der Waals surface area contributed by atoms with Gasteiger partial charge in [-0.05, 0) is 18.2 Å². The zero-order chi connectivity index (χ0) is 15.6. The van der Waals surface area contributed by atoms with Gasteiger partial charge in [-0.2, -0.15) is 0 Å². The molecule has 21 heavy (non-hydrogen) atoms. The molecule has 0 bridgehead atoms. The van der Waals surface area contributed by atoms with Crippen LogP contribution in [0.4, 0.5) is 21.5 Å². The first kappa shape index (κ1) is 14.4. The highest BCUT2D eigenvalue weighted by Crippen LogP contribution is 2.27. The number of nitro benzene ring substituents is 1. The average molecular weight is 289 g/mol. The molecule has 6 nitrogen and oxygen atoms in total. The smallest absolute Gasteiger partial charge is 0.292 e. The van der Waals surface area contributed by atoms with Gasteiger partial charge >= 0.3 is 0 Å². The molecule has 2 rings (SSSR count). The van der Waals surface area contributed by atoms with Crippen LogP contribution in [0.15, 0.2) is 42.5 Å². The molecule has 2 aromatic carbocycles. The Morgan fingerprint density at radius 1 is 1.24 bits per heavy atom. The van der Waals surface area contributed by atoms with Crippen molar-refractivity contribution in [3.05, 3.63) is 64.0 Å². The number of benzene rings is 2. The Balaban J connectivity index is 2.44. The zero-order valence-electron chi connectivity index (χ0n) is 11.1. The Morgan fingerprint density at radius 3 is 2.52 bits per heavy atom. The van der Waals surface area contributed by atoms with Crippen molar-refractivity contribution in [3.8, 4) is 0 Å². The lowest BCUT2D eigenvalue weighted by atomic mass is 10.1. The van der Waals surface area contributed by atoms with Crippen LogP contribution in [0.2, 0.25) is 0 Å². The molecule has 0 aliphatic rings. The van der Waals surface area contributed by atoms with E-state index in [-0.39, 0.29) is 22.6 Å². The van der Waals surface area contributed by atoms with Gasteiger partial charge in [0.25, 0.3) is 11.6 Å². The van der Waals surface area contributed by atoms with E-state index in [2.05, 4.69) is 0 Å². The summed E-state index contributed by atoms with van der Waals surface area (Å²) in [5, 5.41) is 10.8. The maximum atomic E-state index is 13.7. The molecule has 1 amide bonds. The molecule has 0 aromatic heterocycles. The minimum atomic E-state index is -0.671. The molecule has 0 unspecified atom stereocenters. The number of carbonyl (C=O) groups excluding carboxylic acids is 1. The number of nitro groups is 1. The summed E-state index contributed by atoms with van der Waals surface area (Å²) < 4.78 is 13.7. The highest BCUT2D eigenvalue weighted by atomic mass is 19.1. The second-order valence-electron chi connectivity index (χ2n) is 4.31. The van der Waals surface area contributed by atoms with Crippen LogP contribution in [0.25, 0.3) is 0 Å². The summed E-state index contributed by atoms with van der Waals surface area (Å²) in [5.41, 5.74) is 5.07. The number of anilines is 2. The van der Waals surface area contributed by atoms with Crippen molar-refractivity contribution in [2.45, 2.75) is 0 Å². The predicted molar refractivity (Wildman–Crippen MR) is 76.6 cm³/mol. The van der Waals surface area contributed by atoms with Crippen molar-refractivity contribution in [3.63, 3.8) is 0 Å². The summed E-state index contributed by atoms with van der Waals surface area (Å²) in [6, 6.07) is 9.66. The number of nitrogen functional groups attached to an aromatic ring is 1. The summed E-state index contributed by atoms with van der Waals surface area (Å²) in [5.74, 6) is -1.20.